The van der Waals surface area contributed by atoms with Crippen molar-refractivity contribution in [2.75, 3.05) is 29.6 Å². The fraction of sp³-hybridized carbons (Fsp3) is 0.263. The number of benzene rings is 2. The average Bonchev–Trinajstić information content (AvgIpc) is 2.52. The molecule has 5 heteroatoms. The number of aryl methyl sites for hydroxylation is 1. The molecule has 0 radical (unpaired) electrons. The molecule has 2 aromatic rings. The van der Waals surface area contributed by atoms with Gasteiger partial charge < -0.3 is 15.5 Å². The predicted octanol–water partition coefficient (Wildman–Crippen LogP) is 3.34. The Labute approximate surface area is 142 Å². The number of carbonyl (C=O) groups is 2. The Hall–Kier alpha value is -2.82. The van der Waals surface area contributed by atoms with E-state index < -0.39 is 0 Å². The minimum absolute atomic E-state index is 0.219. The highest BCUT2D eigenvalue weighted by Crippen LogP contribution is 2.18. The standard InChI is InChI=1S/C19H23N3O2/c1-13-6-5-7-17(14(13)2)21-19(24)12-18(23)20-15-8-10-16(11-9-15)22(3)4/h5-11H,12H2,1-4H3,(H,20,23)(H,21,24). The SMILES string of the molecule is Cc1cccc(NC(=O)CC(=O)Nc2ccc(N(C)C)cc2)c1C. The molecule has 0 aliphatic rings. The zero-order valence-electron chi connectivity index (χ0n) is 14.5. The zero-order chi connectivity index (χ0) is 17.7. The quantitative estimate of drug-likeness (QED) is 0.829. The topological polar surface area (TPSA) is 61.4 Å². The largest absolute Gasteiger partial charge is 0.378 e. The molecule has 0 heterocycles. The van der Waals surface area contributed by atoms with Gasteiger partial charge in [-0.3, -0.25) is 9.59 Å². The number of nitrogens with zero attached hydrogens (tertiary/aromatic N) is 1. The van der Waals surface area contributed by atoms with Crippen LogP contribution in [0.15, 0.2) is 42.5 Å². The van der Waals surface area contributed by atoms with Crippen molar-refractivity contribution >= 4 is 28.9 Å². The van der Waals surface area contributed by atoms with Gasteiger partial charge in [-0.2, -0.15) is 0 Å². The van der Waals surface area contributed by atoms with Crippen molar-refractivity contribution in [1.82, 2.24) is 0 Å². The zero-order valence-corrected chi connectivity index (χ0v) is 14.5. The van der Waals surface area contributed by atoms with E-state index in [0.29, 0.717) is 5.69 Å². The van der Waals surface area contributed by atoms with Crippen LogP contribution in [0.3, 0.4) is 0 Å². The Balaban J connectivity index is 1.92. The van der Waals surface area contributed by atoms with Gasteiger partial charge in [0.1, 0.15) is 6.42 Å². The summed E-state index contributed by atoms with van der Waals surface area (Å²) in [5.41, 5.74) is 4.55. The lowest BCUT2D eigenvalue weighted by atomic mass is 10.1. The molecule has 126 valence electrons. The van der Waals surface area contributed by atoms with Crippen LogP contribution in [0.1, 0.15) is 17.5 Å². The normalized spacial score (nSPS) is 10.2. The first-order valence-electron chi connectivity index (χ1n) is 7.80. The molecular formula is C19H23N3O2. The number of carbonyl (C=O) groups excluding carboxylic acids is 2. The highest BCUT2D eigenvalue weighted by Gasteiger charge is 2.11. The number of hydrogen-bond acceptors (Lipinski definition) is 3. The summed E-state index contributed by atoms with van der Waals surface area (Å²) < 4.78 is 0. The second-order valence-electron chi connectivity index (χ2n) is 5.96. The van der Waals surface area contributed by atoms with Gasteiger partial charge in [0.2, 0.25) is 11.8 Å². The number of rotatable bonds is 5. The van der Waals surface area contributed by atoms with Crippen molar-refractivity contribution < 1.29 is 9.59 Å². The van der Waals surface area contributed by atoms with Gasteiger partial charge in [-0.1, -0.05) is 12.1 Å². The Kier molecular flexibility index (Phi) is 5.58. The highest BCUT2D eigenvalue weighted by atomic mass is 16.2. The molecule has 0 aliphatic heterocycles. The van der Waals surface area contributed by atoms with Crippen molar-refractivity contribution in [1.29, 1.82) is 0 Å². The molecule has 2 N–H and O–H groups in total. The lowest BCUT2D eigenvalue weighted by Crippen LogP contribution is -2.21. The van der Waals surface area contributed by atoms with E-state index in [1.54, 1.807) is 0 Å². The molecule has 24 heavy (non-hydrogen) atoms. The highest BCUT2D eigenvalue weighted by molar-refractivity contribution is 6.08. The number of amides is 2. The van der Waals surface area contributed by atoms with E-state index in [4.69, 9.17) is 0 Å². The van der Waals surface area contributed by atoms with Crippen molar-refractivity contribution in [2.45, 2.75) is 20.3 Å². The first-order valence-corrected chi connectivity index (χ1v) is 7.80. The third-order valence-corrected chi connectivity index (χ3v) is 3.87. The van der Waals surface area contributed by atoms with Gasteiger partial charge in [0.05, 0.1) is 0 Å². The van der Waals surface area contributed by atoms with Gasteiger partial charge in [0.15, 0.2) is 0 Å². The fourth-order valence-corrected chi connectivity index (χ4v) is 2.27. The van der Waals surface area contributed by atoms with Gasteiger partial charge in [0.25, 0.3) is 0 Å². The van der Waals surface area contributed by atoms with Crippen LogP contribution in [-0.2, 0) is 9.59 Å². The summed E-state index contributed by atoms with van der Waals surface area (Å²) in [6.45, 7) is 3.92. The average molecular weight is 325 g/mol. The van der Waals surface area contributed by atoms with Crippen molar-refractivity contribution in [3.8, 4) is 0 Å². The summed E-state index contributed by atoms with van der Waals surface area (Å²) in [7, 11) is 3.90. The van der Waals surface area contributed by atoms with E-state index in [1.807, 2.05) is 75.3 Å². The van der Waals surface area contributed by atoms with Crippen LogP contribution < -0.4 is 15.5 Å². The molecule has 0 aliphatic carbocycles. The molecule has 0 atom stereocenters. The van der Waals surface area contributed by atoms with E-state index in [2.05, 4.69) is 10.6 Å². The van der Waals surface area contributed by atoms with Gasteiger partial charge in [-0.15, -0.1) is 0 Å². The summed E-state index contributed by atoms with van der Waals surface area (Å²) >= 11 is 0. The second-order valence-corrected chi connectivity index (χ2v) is 5.96. The van der Waals surface area contributed by atoms with Gasteiger partial charge in [0, 0.05) is 31.2 Å². The Morgan fingerprint density at radius 3 is 2.17 bits per heavy atom. The summed E-state index contributed by atoms with van der Waals surface area (Å²) in [4.78, 5) is 26.0. The molecule has 0 aromatic heterocycles. The molecule has 5 nitrogen and oxygen atoms in total. The van der Waals surface area contributed by atoms with Crippen LogP contribution in [0.2, 0.25) is 0 Å². The van der Waals surface area contributed by atoms with E-state index in [-0.39, 0.29) is 18.2 Å². The molecule has 0 bridgehead atoms. The Morgan fingerprint density at radius 2 is 1.54 bits per heavy atom. The summed E-state index contributed by atoms with van der Waals surface area (Å²) in [5.74, 6) is -0.665. The van der Waals surface area contributed by atoms with Crippen LogP contribution in [0.25, 0.3) is 0 Å². The smallest absolute Gasteiger partial charge is 0.233 e. The number of anilines is 3. The second kappa shape index (κ2) is 7.64. The number of nitrogens with one attached hydrogen (secondary N) is 2. The summed E-state index contributed by atoms with van der Waals surface area (Å²) in [5, 5.41) is 5.52. The number of hydrogen-bond donors (Lipinski definition) is 2. The maximum Gasteiger partial charge on any atom is 0.233 e. The van der Waals surface area contributed by atoms with Crippen molar-refractivity contribution in [3.05, 3.63) is 53.6 Å². The first kappa shape index (κ1) is 17.5. The van der Waals surface area contributed by atoms with Crippen LogP contribution in [0, 0.1) is 13.8 Å². The van der Waals surface area contributed by atoms with Gasteiger partial charge >= 0.3 is 0 Å². The summed E-state index contributed by atoms with van der Waals surface area (Å²) in [6, 6.07) is 13.1. The molecule has 2 aromatic carbocycles. The van der Waals surface area contributed by atoms with Gasteiger partial charge in [-0.05, 0) is 55.3 Å². The maximum atomic E-state index is 12.0. The van der Waals surface area contributed by atoms with Crippen molar-refractivity contribution in [3.63, 3.8) is 0 Å². The molecular weight excluding hydrogens is 302 g/mol. The molecule has 0 fully saturated rings. The fourth-order valence-electron chi connectivity index (χ4n) is 2.27. The van der Waals surface area contributed by atoms with Crippen LogP contribution >= 0.6 is 0 Å². The van der Waals surface area contributed by atoms with E-state index >= 15 is 0 Å². The first-order chi connectivity index (χ1) is 11.4. The summed E-state index contributed by atoms with van der Waals surface area (Å²) in [6.07, 6.45) is -0.219. The Bertz CT molecular complexity index is 737. The minimum atomic E-state index is -0.338. The van der Waals surface area contributed by atoms with Crippen LogP contribution in [0.5, 0.6) is 0 Å². The van der Waals surface area contributed by atoms with Crippen LogP contribution in [0.4, 0.5) is 17.1 Å². The molecule has 0 spiro atoms. The Morgan fingerprint density at radius 1 is 0.917 bits per heavy atom. The molecule has 0 saturated carbocycles. The minimum Gasteiger partial charge on any atom is -0.378 e. The molecule has 0 unspecified atom stereocenters. The molecule has 2 amide bonds. The lowest BCUT2D eigenvalue weighted by molar-refractivity contribution is -0.123. The van der Waals surface area contributed by atoms with Crippen LogP contribution in [-0.4, -0.2) is 25.9 Å². The third-order valence-electron chi connectivity index (χ3n) is 3.87. The van der Waals surface area contributed by atoms with Gasteiger partial charge in [-0.25, -0.2) is 0 Å². The van der Waals surface area contributed by atoms with E-state index in [0.717, 1.165) is 22.5 Å². The molecule has 2 rings (SSSR count). The molecule has 0 saturated heterocycles. The van der Waals surface area contributed by atoms with E-state index in [1.165, 1.54) is 0 Å². The third kappa shape index (κ3) is 4.59. The monoisotopic (exact) mass is 325 g/mol. The van der Waals surface area contributed by atoms with Crippen molar-refractivity contribution in [2.24, 2.45) is 0 Å². The lowest BCUT2D eigenvalue weighted by Gasteiger charge is -2.13. The maximum absolute atomic E-state index is 12.0. The predicted molar refractivity (Wildman–Crippen MR) is 98.6 cm³/mol. The van der Waals surface area contributed by atoms with E-state index in [9.17, 15) is 9.59 Å².